The van der Waals surface area contributed by atoms with Crippen LogP contribution in [0.3, 0.4) is 0 Å². The molecule has 0 saturated heterocycles. The lowest BCUT2D eigenvalue weighted by molar-refractivity contribution is -0.301. The number of carboxylic acid groups (broad SMARTS) is 1. The summed E-state index contributed by atoms with van der Waals surface area (Å²) in [5.74, 6) is -0.283. The molecular formula is C4H8NO2S-. The van der Waals surface area contributed by atoms with E-state index in [-0.39, 0.29) is 5.75 Å². The molecule has 0 aromatic carbocycles. The van der Waals surface area contributed by atoms with Gasteiger partial charge in [-0.25, -0.2) is 0 Å². The van der Waals surface area contributed by atoms with E-state index in [2.05, 4.69) is 0 Å². The molecule has 0 amide bonds. The number of carbonyl (C=O) groups excluding carboxylic acids is 1. The highest BCUT2D eigenvalue weighted by atomic mass is 32.2. The van der Waals surface area contributed by atoms with E-state index in [0.717, 1.165) is 0 Å². The van der Waals surface area contributed by atoms with Crippen LogP contribution in [0.2, 0.25) is 0 Å². The molecule has 0 bridgehead atoms. The van der Waals surface area contributed by atoms with E-state index in [1.165, 1.54) is 11.8 Å². The molecule has 3 nitrogen and oxygen atoms in total. The molecule has 0 heterocycles. The quantitative estimate of drug-likeness (QED) is 0.472. The van der Waals surface area contributed by atoms with Crippen molar-refractivity contribution in [3.63, 3.8) is 0 Å². The summed E-state index contributed by atoms with van der Waals surface area (Å²) in [4.78, 5) is 9.70. The van der Waals surface area contributed by atoms with Crippen LogP contribution in [0.1, 0.15) is 0 Å². The molecular weight excluding hydrogens is 126 g/mol. The van der Waals surface area contributed by atoms with Crippen molar-refractivity contribution in [2.75, 3.05) is 18.1 Å². The third-order valence-electron chi connectivity index (χ3n) is 0.482. The Labute approximate surface area is 52.3 Å². The van der Waals surface area contributed by atoms with Crippen molar-refractivity contribution in [1.82, 2.24) is 0 Å². The highest BCUT2D eigenvalue weighted by Crippen LogP contribution is 1.94. The number of aliphatic carboxylic acids is 1. The highest BCUT2D eigenvalue weighted by Gasteiger charge is 1.84. The van der Waals surface area contributed by atoms with Crippen LogP contribution >= 0.6 is 11.8 Å². The van der Waals surface area contributed by atoms with Crippen molar-refractivity contribution < 1.29 is 9.90 Å². The first-order valence-electron chi connectivity index (χ1n) is 2.25. The predicted molar refractivity (Wildman–Crippen MR) is 31.4 cm³/mol. The number of nitrogens with two attached hydrogens (primary N) is 1. The fourth-order valence-electron chi connectivity index (χ4n) is 0.239. The fraction of sp³-hybridized carbons (Fsp3) is 0.750. The van der Waals surface area contributed by atoms with E-state index in [0.29, 0.717) is 12.3 Å². The monoisotopic (exact) mass is 134 g/mol. The molecule has 0 spiro atoms. The van der Waals surface area contributed by atoms with Crippen molar-refractivity contribution in [1.29, 1.82) is 0 Å². The maximum absolute atomic E-state index is 9.70. The maximum Gasteiger partial charge on any atom is 0.0513 e. The zero-order valence-electron chi connectivity index (χ0n) is 4.42. The zero-order chi connectivity index (χ0) is 6.41. The largest absolute Gasteiger partial charge is 0.549 e. The number of thioether (sulfide) groups is 1. The van der Waals surface area contributed by atoms with Crippen molar-refractivity contribution >= 4 is 17.7 Å². The molecule has 0 aliphatic heterocycles. The minimum atomic E-state index is -1.02. The summed E-state index contributed by atoms with van der Waals surface area (Å²) in [6.45, 7) is 0.526. The first-order valence-corrected chi connectivity index (χ1v) is 3.40. The van der Waals surface area contributed by atoms with E-state index in [1.807, 2.05) is 0 Å². The van der Waals surface area contributed by atoms with Crippen molar-refractivity contribution in [2.24, 2.45) is 5.73 Å². The Balaban J connectivity index is 2.82. The van der Waals surface area contributed by atoms with Gasteiger partial charge in [-0.15, -0.1) is 0 Å². The van der Waals surface area contributed by atoms with Crippen LogP contribution in [0, 0.1) is 0 Å². The summed E-state index contributed by atoms with van der Waals surface area (Å²) in [5.41, 5.74) is 5.08. The first kappa shape index (κ1) is 7.78. The zero-order valence-corrected chi connectivity index (χ0v) is 5.24. The lowest BCUT2D eigenvalue weighted by Gasteiger charge is -1.97. The summed E-state index contributed by atoms with van der Waals surface area (Å²) >= 11 is 1.27. The van der Waals surface area contributed by atoms with Crippen molar-refractivity contribution in [3.05, 3.63) is 0 Å². The van der Waals surface area contributed by atoms with Gasteiger partial charge in [0.15, 0.2) is 0 Å². The van der Waals surface area contributed by atoms with E-state index in [4.69, 9.17) is 5.73 Å². The topological polar surface area (TPSA) is 66.2 Å². The predicted octanol–water partition coefficient (Wildman–Crippen LogP) is -1.57. The Morgan fingerprint density at radius 1 is 1.75 bits per heavy atom. The maximum atomic E-state index is 9.70. The molecule has 0 aliphatic carbocycles. The van der Waals surface area contributed by atoms with Gasteiger partial charge in [0.1, 0.15) is 0 Å². The Hall–Kier alpha value is -0.220. The minimum absolute atomic E-state index is 0.0528. The molecule has 0 unspecified atom stereocenters. The number of hydrogen-bond acceptors (Lipinski definition) is 4. The standard InChI is InChI=1S/C4H9NO2S/c5-1-2-8-3-4(6)7/h1-3,5H2,(H,6,7)/p-1. The lowest BCUT2D eigenvalue weighted by Crippen LogP contribution is -2.24. The van der Waals surface area contributed by atoms with Crippen LogP contribution in [-0.2, 0) is 4.79 Å². The molecule has 0 atom stereocenters. The van der Waals surface area contributed by atoms with Crippen molar-refractivity contribution in [2.45, 2.75) is 0 Å². The molecule has 2 N–H and O–H groups in total. The van der Waals surface area contributed by atoms with Crippen LogP contribution in [0.5, 0.6) is 0 Å². The van der Waals surface area contributed by atoms with Gasteiger partial charge in [-0.3, -0.25) is 0 Å². The molecule has 48 valence electrons. The lowest BCUT2D eigenvalue weighted by atomic mass is 10.8. The van der Waals surface area contributed by atoms with Gasteiger partial charge in [-0.2, -0.15) is 11.8 Å². The summed E-state index contributed by atoms with van der Waals surface area (Å²) in [7, 11) is 0. The van der Waals surface area contributed by atoms with E-state index in [1.54, 1.807) is 0 Å². The van der Waals surface area contributed by atoms with E-state index in [9.17, 15) is 9.90 Å². The van der Waals surface area contributed by atoms with Crippen LogP contribution < -0.4 is 10.8 Å². The van der Waals surface area contributed by atoms with Gasteiger partial charge >= 0.3 is 0 Å². The molecule has 0 rings (SSSR count). The Morgan fingerprint density at radius 2 is 2.38 bits per heavy atom. The second kappa shape index (κ2) is 4.93. The Bertz CT molecular complexity index is 76.4. The number of rotatable bonds is 4. The van der Waals surface area contributed by atoms with Crippen LogP contribution in [0.25, 0.3) is 0 Å². The number of carbonyl (C=O) groups is 1. The Morgan fingerprint density at radius 3 is 2.75 bits per heavy atom. The summed E-state index contributed by atoms with van der Waals surface area (Å²) in [5, 5.41) is 9.70. The fourth-order valence-corrected chi connectivity index (χ4v) is 0.717. The first-order chi connectivity index (χ1) is 3.77. The summed E-state index contributed by atoms with van der Waals surface area (Å²) < 4.78 is 0. The summed E-state index contributed by atoms with van der Waals surface area (Å²) in [6.07, 6.45) is 0. The second-order valence-electron chi connectivity index (χ2n) is 1.21. The van der Waals surface area contributed by atoms with Gasteiger partial charge < -0.3 is 15.6 Å². The molecule has 4 heteroatoms. The van der Waals surface area contributed by atoms with E-state index >= 15 is 0 Å². The molecule has 0 saturated carbocycles. The molecule has 0 fully saturated rings. The van der Waals surface area contributed by atoms with Crippen LogP contribution in [0.4, 0.5) is 0 Å². The summed E-state index contributed by atoms with van der Waals surface area (Å²) in [6, 6.07) is 0. The molecule has 8 heavy (non-hydrogen) atoms. The SMILES string of the molecule is NCCSCC(=O)[O-]. The molecule has 0 aliphatic rings. The average Bonchev–Trinajstić information content (AvgIpc) is 1.66. The third-order valence-corrected chi connectivity index (χ3v) is 1.45. The molecule has 0 aromatic rings. The van der Waals surface area contributed by atoms with Gasteiger partial charge in [-0.05, 0) is 0 Å². The second-order valence-corrected chi connectivity index (χ2v) is 2.32. The smallest absolute Gasteiger partial charge is 0.0513 e. The van der Waals surface area contributed by atoms with Crippen LogP contribution in [0.15, 0.2) is 0 Å². The van der Waals surface area contributed by atoms with Gasteiger partial charge in [0.05, 0.1) is 5.97 Å². The highest BCUT2D eigenvalue weighted by molar-refractivity contribution is 7.99. The van der Waals surface area contributed by atoms with Crippen molar-refractivity contribution in [3.8, 4) is 0 Å². The third kappa shape index (κ3) is 5.78. The van der Waals surface area contributed by atoms with Gasteiger partial charge in [-0.1, -0.05) is 0 Å². The number of carboxylic acids is 1. The van der Waals surface area contributed by atoms with Gasteiger partial charge in [0.2, 0.25) is 0 Å². The minimum Gasteiger partial charge on any atom is -0.549 e. The van der Waals surface area contributed by atoms with Gasteiger partial charge in [0, 0.05) is 18.1 Å². The van der Waals surface area contributed by atoms with Gasteiger partial charge in [0.25, 0.3) is 0 Å². The number of hydrogen-bond donors (Lipinski definition) is 1. The van der Waals surface area contributed by atoms with E-state index < -0.39 is 5.97 Å². The molecule has 0 aromatic heterocycles. The Kier molecular flexibility index (Phi) is 4.79. The van der Waals surface area contributed by atoms with Crippen LogP contribution in [-0.4, -0.2) is 24.0 Å². The molecule has 0 radical (unpaired) electrons. The average molecular weight is 134 g/mol. The normalized spacial score (nSPS) is 9.12.